The van der Waals surface area contributed by atoms with Crippen molar-refractivity contribution in [2.45, 2.75) is 16.7 Å². The molecule has 156 valence electrons. The first-order valence-electron chi connectivity index (χ1n) is 8.92. The van der Waals surface area contributed by atoms with Crippen molar-refractivity contribution >= 4 is 26.0 Å². The van der Waals surface area contributed by atoms with Crippen LogP contribution in [0.3, 0.4) is 0 Å². The van der Waals surface area contributed by atoms with Gasteiger partial charge in [0.15, 0.2) is 0 Å². The van der Waals surface area contributed by atoms with Crippen LogP contribution in [0.25, 0.3) is 0 Å². The number of hydrogen-bond donors (Lipinski definition) is 0. The minimum atomic E-state index is -3.98. The molecular weight excluding hydrogens is 416 g/mol. The van der Waals surface area contributed by atoms with Gasteiger partial charge in [0.25, 0.3) is 0 Å². The smallest absolute Gasteiger partial charge is 0.339 e. The summed E-state index contributed by atoms with van der Waals surface area (Å²) in [5.74, 6) is -0.746. The highest BCUT2D eigenvalue weighted by Crippen LogP contribution is 2.24. The number of nitrogens with zero attached hydrogens (tertiary/aromatic N) is 2. The van der Waals surface area contributed by atoms with E-state index < -0.39 is 26.0 Å². The van der Waals surface area contributed by atoms with Gasteiger partial charge in [0, 0.05) is 26.2 Å². The molecule has 0 spiro atoms. The summed E-state index contributed by atoms with van der Waals surface area (Å²) in [6, 6.07) is 12.3. The topological polar surface area (TPSA) is 101 Å². The lowest BCUT2D eigenvalue weighted by atomic mass is 10.2. The lowest BCUT2D eigenvalue weighted by molar-refractivity contribution is 0.0596. The van der Waals surface area contributed by atoms with Gasteiger partial charge in [-0.3, -0.25) is 0 Å². The molecule has 0 amide bonds. The number of benzene rings is 2. The summed E-state index contributed by atoms with van der Waals surface area (Å²) >= 11 is 0. The molecule has 10 heteroatoms. The van der Waals surface area contributed by atoms with Crippen LogP contribution in [-0.4, -0.2) is 64.7 Å². The molecule has 8 nitrogen and oxygen atoms in total. The molecule has 1 heterocycles. The van der Waals surface area contributed by atoms with Crippen molar-refractivity contribution in [1.29, 1.82) is 0 Å². The summed E-state index contributed by atoms with van der Waals surface area (Å²) < 4.78 is 58.8. The van der Waals surface area contributed by atoms with Crippen molar-refractivity contribution < 1.29 is 26.4 Å². The predicted octanol–water partition coefficient (Wildman–Crippen LogP) is 1.48. The fourth-order valence-corrected chi connectivity index (χ4v) is 6.14. The van der Waals surface area contributed by atoms with E-state index in [-0.39, 0.29) is 41.5 Å². The van der Waals surface area contributed by atoms with Gasteiger partial charge in [0.1, 0.15) is 0 Å². The second-order valence-electron chi connectivity index (χ2n) is 6.61. The monoisotopic (exact) mass is 438 g/mol. The Hall–Kier alpha value is -2.27. The summed E-state index contributed by atoms with van der Waals surface area (Å²) in [6.45, 7) is 1.89. The normalized spacial score (nSPS) is 16.5. The molecule has 0 saturated carbocycles. The highest BCUT2D eigenvalue weighted by Gasteiger charge is 2.35. The molecule has 0 unspecified atom stereocenters. The third-order valence-electron chi connectivity index (χ3n) is 4.77. The molecule has 0 aliphatic carbocycles. The van der Waals surface area contributed by atoms with E-state index in [4.69, 9.17) is 0 Å². The fraction of sp³-hybridized carbons (Fsp3) is 0.316. The number of carbonyl (C=O) groups is 1. The molecular formula is C19H22N2O6S2. The first kappa shape index (κ1) is 21.4. The van der Waals surface area contributed by atoms with Crippen molar-refractivity contribution in [3.63, 3.8) is 0 Å². The highest BCUT2D eigenvalue weighted by molar-refractivity contribution is 7.89. The number of methoxy groups -OCH3 is 1. The Balaban J connectivity index is 1.80. The van der Waals surface area contributed by atoms with E-state index in [0.717, 1.165) is 5.56 Å². The molecule has 1 aliphatic rings. The maximum Gasteiger partial charge on any atom is 0.339 e. The molecule has 1 saturated heterocycles. The van der Waals surface area contributed by atoms with Crippen LogP contribution in [0, 0.1) is 6.92 Å². The summed E-state index contributed by atoms with van der Waals surface area (Å²) in [5, 5.41) is 0. The number of rotatable bonds is 5. The number of piperazine rings is 1. The number of hydrogen-bond acceptors (Lipinski definition) is 6. The molecule has 3 rings (SSSR count). The van der Waals surface area contributed by atoms with E-state index in [1.165, 1.54) is 33.9 Å². The van der Waals surface area contributed by atoms with Gasteiger partial charge in [0.2, 0.25) is 20.0 Å². The van der Waals surface area contributed by atoms with Crippen molar-refractivity contribution in [3.05, 3.63) is 59.7 Å². The number of aryl methyl sites for hydroxylation is 1. The summed E-state index contributed by atoms with van der Waals surface area (Å²) in [5.41, 5.74) is 0.897. The first-order chi connectivity index (χ1) is 13.7. The molecule has 1 fully saturated rings. The Morgan fingerprint density at radius 1 is 0.828 bits per heavy atom. The fourth-order valence-electron chi connectivity index (χ4n) is 3.12. The molecule has 2 aromatic rings. The average molecular weight is 439 g/mol. The van der Waals surface area contributed by atoms with E-state index in [1.54, 1.807) is 30.3 Å². The van der Waals surface area contributed by atoms with Gasteiger partial charge in [-0.2, -0.15) is 8.61 Å². The van der Waals surface area contributed by atoms with Crippen molar-refractivity contribution in [2.24, 2.45) is 0 Å². The Morgan fingerprint density at radius 2 is 1.34 bits per heavy atom. The zero-order valence-corrected chi connectivity index (χ0v) is 17.7. The van der Waals surface area contributed by atoms with E-state index >= 15 is 0 Å². The second kappa shape index (κ2) is 8.23. The molecule has 29 heavy (non-hydrogen) atoms. The zero-order valence-electron chi connectivity index (χ0n) is 16.1. The Bertz CT molecular complexity index is 1100. The highest BCUT2D eigenvalue weighted by atomic mass is 32.2. The minimum absolute atomic E-state index is 0.0110. The van der Waals surface area contributed by atoms with Crippen molar-refractivity contribution in [2.75, 3.05) is 33.3 Å². The van der Waals surface area contributed by atoms with Crippen LogP contribution >= 0.6 is 0 Å². The van der Waals surface area contributed by atoms with Gasteiger partial charge in [-0.15, -0.1) is 0 Å². The second-order valence-corrected chi connectivity index (χ2v) is 10.5. The quantitative estimate of drug-likeness (QED) is 0.656. The Morgan fingerprint density at radius 3 is 1.90 bits per heavy atom. The van der Waals surface area contributed by atoms with Gasteiger partial charge in [-0.25, -0.2) is 21.6 Å². The minimum Gasteiger partial charge on any atom is -0.465 e. The van der Waals surface area contributed by atoms with Crippen LogP contribution < -0.4 is 0 Å². The molecule has 0 aromatic heterocycles. The number of ether oxygens (including phenoxy) is 1. The summed E-state index contributed by atoms with van der Waals surface area (Å²) in [7, 11) is -6.50. The predicted molar refractivity (Wildman–Crippen MR) is 106 cm³/mol. The third-order valence-corrected chi connectivity index (χ3v) is 8.64. The lowest BCUT2D eigenvalue weighted by Gasteiger charge is -2.33. The summed E-state index contributed by atoms with van der Waals surface area (Å²) in [6.07, 6.45) is 0. The van der Waals surface area contributed by atoms with E-state index in [9.17, 15) is 21.6 Å². The maximum absolute atomic E-state index is 13.0. The van der Waals surface area contributed by atoms with Crippen LogP contribution in [0.1, 0.15) is 15.9 Å². The van der Waals surface area contributed by atoms with Crippen LogP contribution in [0.4, 0.5) is 0 Å². The Kier molecular flexibility index (Phi) is 6.08. The van der Waals surface area contributed by atoms with Crippen LogP contribution in [0.5, 0.6) is 0 Å². The molecule has 1 aliphatic heterocycles. The maximum atomic E-state index is 13.0. The third kappa shape index (κ3) is 4.20. The molecule has 0 N–H and O–H groups in total. The van der Waals surface area contributed by atoms with E-state index in [0.29, 0.717) is 0 Å². The molecule has 0 bridgehead atoms. The van der Waals surface area contributed by atoms with Gasteiger partial charge >= 0.3 is 5.97 Å². The number of sulfonamides is 2. The number of esters is 1. The van der Waals surface area contributed by atoms with Crippen LogP contribution in [-0.2, 0) is 24.8 Å². The summed E-state index contributed by atoms with van der Waals surface area (Å²) in [4.78, 5) is 12.0. The zero-order chi connectivity index (χ0) is 21.2. The lowest BCUT2D eigenvalue weighted by Crippen LogP contribution is -2.50. The number of carbonyl (C=O) groups excluding carboxylic acids is 1. The SMILES string of the molecule is COC(=O)c1ccccc1S(=O)(=O)N1CCN(S(=O)(=O)c2ccc(C)cc2)CC1. The molecule has 2 aromatic carbocycles. The van der Waals surface area contributed by atoms with Gasteiger partial charge < -0.3 is 4.74 Å². The molecule has 0 radical (unpaired) electrons. The standard InChI is InChI=1S/C19H22N2O6S2/c1-15-7-9-16(10-8-15)28(23,24)20-11-13-21(14-12-20)29(25,26)18-6-4-3-5-17(18)19(22)27-2/h3-10H,11-14H2,1-2H3. The van der Waals surface area contributed by atoms with Crippen LogP contribution in [0.2, 0.25) is 0 Å². The molecule has 0 atom stereocenters. The average Bonchev–Trinajstić information content (AvgIpc) is 2.73. The Labute approximate surface area is 170 Å². The van der Waals surface area contributed by atoms with Crippen molar-refractivity contribution in [1.82, 2.24) is 8.61 Å². The largest absolute Gasteiger partial charge is 0.465 e. The van der Waals surface area contributed by atoms with Crippen molar-refractivity contribution in [3.8, 4) is 0 Å². The van der Waals surface area contributed by atoms with Gasteiger partial charge in [-0.05, 0) is 31.2 Å². The van der Waals surface area contributed by atoms with E-state index in [2.05, 4.69) is 4.74 Å². The van der Waals surface area contributed by atoms with E-state index in [1.807, 2.05) is 6.92 Å². The van der Waals surface area contributed by atoms with Gasteiger partial charge in [-0.1, -0.05) is 29.8 Å². The van der Waals surface area contributed by atoms with Crippen LogP contribution in [0.15, 0.2) is 58.3 Å². The first-order valence-corrected chi connectivity index (χ1v) is 11.8. The van der Waals surface area contributed by atoms with Gasteiger partial charge in [0.05, 0.1) is 22.5 Å².